The Balaban J connectivity index is 2.30. The van der Waals surface area contributed by atoms with Gasteiger partial charge in [-0.25, -0.2) is 4.98 Å². The summed E-state index contributed by atoms with van der Waals surface area (Å²) in [6.45, 7) is 4.53. The summed E-state index contributed by atoms with van der Waals surface area (Å²) < 4.78 is 0. The molecule has 0 spiro atoms. The molecule has 0 aromatic carbocycles. The fourth-order valence-electron chi connectivity index (χ4n) is 1.84. The van der Waals surface area contributed by atoms with Crippen LogP contribution in [0.2, 0.25) is 0 Å². The summed E-state index contributed by atoms with van der Waals surface area (Å²) in [6.07, 6.45) is 4.41. The van der Waals surface area contributed by atoms with Crippen LogP contribution in [0.25, 0.3) is 0 Å². The highest BCUT2D eigenvalue weighted by atomic mass is 32.1. The Hall–Kier alpha value is -1.43. The van der Waals surface area contributed by atoms with Crippen molar-refractivity contribution < 1.29 is 14.7 Å². The lowest BCUT2D eigenvalue weighted by molar-refractivity contribution is -0.137. The lowest BCUT2D eigenvalue weighted by Crippen LogP contribution is -2.24. The van der Waals surface area contributed by atoms with Crippen LogP contribution in [-0.4, -0.2) is 28.5 Å². The van der Waals surface area contributed by atoms with Gasteiger partial charge >= 0.3 is 5.97 Å². The summed E-state index contributed by atoms with van der Waals surface area (Å²) in [5, 5.41) is 12.4. The summed E-state index contributed by atoms with van der Waals surface area (Å²) in [5.74, 6) is -0.835. The van der Waals surface area contributed by atoms with Crippen molar-refractivity contribution in [2.24, 2.45) is 0 Å². The molecule has 1 aromatic rings. The number of carbonyl (C=O) groups is 2. The van der Waals surface area contributed by atoms with E-state index < -0.39 is 5.97 Å². The molecule has 0 radical (unpaired) electrons. The number of rotatable bonds is 9. The molecule has 20 heavy (non-hydrogen) atoms. The maximum atomic E-state index is 12.0. The third-order valence-corrected chi connectivity index (χ3v) is 4.08. The van der Waals surface area contributed by atoms with Crippen molar-refractivity contribution in [3.8, 4) is 0 Å². The minimum Gasteiger partial charge on any atom is -0.481 e. The van der Waals surface area contributed by atoms with E-state index in [9.17, 15) is 9.59 Å². The zero-order valence-corrected chi connectivity index (χ0v) is 12.9. The lowest BCUT2D eigenvalue weighted by Gasteiger charge is -2.03. The molecule has 1 heterocycles. The Morgan fingerprint density at radius 3 is 2.70 bits per heavy atom. The molecule has 0 atom stereocenters. The molecule has 5 nitrogen and oxygen atoms in total. The second-order valence-electron chi connectivity index (χ2n) is 4.73. The number of nitrogens with one attached hydrogen (secondary N) is 1. The van der Waals surface area contributed by atoms with Crippen molar-refractivity contribution in [3.63, 3.8) is 0 Å². The van der Waals surface area contributed by atoms with Crippen molar-refractivity contribution in [1.82, 2.24) is 10.3 Å². The van der Waals surface area contributed by atoms with Crippen LogP contribution >= 0.6 is 11.3 Å². The number of amides is 1. The third-order valence-electron chi connectivity index (χ3n) is 2.86. The van der Waals surface area contributed by atoms with Gasteiger partial charge in [0, 0.05) is 13.0 Å². The van der Waals surface area contributed by atoms with Gasteiger partial charge in [0.05, 0.1) is 10.7 Å². The highest BCUT2D eigenvalue weighted by molar-refractivity contribution is 7.13. The predicted molar refractivity (Wildman–Crippen MR) is 79.3 cm³/mol. The summed E-state index contributed by atoms with van der Waals surface area (Å²) in [5.41, 5.74) is 0.793. The Morgan fingerprint density at radius 1 is 1.30 bits per heavy atom. The first-order valence-corrected chi connectivity index (χ1v) is 7.82. The Labute approximate surface area is 123 Å². The Bertz CT molecular complexity index is 457. The van der Waals surface area contributed by atoms with Gasteiger partial charge in [-0.2, -0.15) is 0 Å². The fraction of sp³-hybridized carbons (Fsp3) is 0.643. The molecule has 0 aliphatic rings. The van der Waals surface area contributed by atoms with E-state index in [0.717, 1.165) is 36.4 Å². The highest BCUT2D eigenvalue weighted by Crippen LogP contribution is 2.19. The molecule has 6 heteroatoms. The number of aliphatic carboxylic acids is 1. The number of thiazole rings is 1. The molecular formula is C14H22N2O3S. The van der Waals surface area contributed by atoms with Crippen LogP contribution in [0.5, 0.6) is 0 Å². The molecule has 0 aliphatic heterocycles. The molecule has 2 N–H and O–H groups in total. The second kappa shape index (κ2) is 8.68. The van der Waals surface area contributed by atoms with Gasteiger partial charge in [0.1, 0.15) is 4.88 Å². The molecule has 1 amide bonds. The fourth-order valence-corrected chi connectivity index (χ4v) is 2.93. The first-order valence-electron chi connectivity index (χ1n) is 7.01. The van der Waals surface area contributed by atoms with Crippen molar-refractivity contribution in [2.75, 3.05) is 6.54 Å². The number of carbonyl (C=O) groups excluding carboxylic acids is 1. The molecule has 1 rings (SSSR count). The summed E-state index contributed by atoms with van der Waals surface area (Å²) in [4.78, 5) is 27.4. The molecule has 112 valence electrons. The van der Waals surface area contributed by atoms with Crippen molar-refractivity contribution >= 4 is 23.2 Å². The van der Waals surface area contributed by atoms with Crippen LogP contribution in [0.3, 0.4) is 0 Å². The monoisotopic (exact) mass is 298 g/mol. The quantitative estimate of drug-likeness (QED) is 0.687. The lowest BCUT2D eigenvalue weighted by atomic mass is 10.2. The van der Waals surface area contributed by atoms with Crippen LogP contribution in [0.4, 0.5) is 0 Å². The largest absolute Gasteiger partial charge is 0.481 e. The normalized spacial score (nSPS) is 10.5. The first kappa shape index (κ1) is 16.6. The van der Waals surface area contributed by atoms with E-state index in [4.69, 9.17) is 5.11 Å². The van der Waals surface area contributed by atoms with Gasteiger partial charge in [-0.05, 0) is 32.6 Å². The van der Waals surface area contributed by atoms with E-state index in [1.165, 1.54) is 11.3 Å². The van der Waals surface area contributed by atoms with E-state index in [2.05, 4.69) is 17.2 Å². The van der Waals surface area contributed by atoms with E-state index in [1.807, 2.05) is 6.92 Å². The van der Waals surface area contributed by atoms with Crippen LogP contribution in [0.1, 0.15) is 59.4 Å². The zero-order chi connectivity index (χ0) is 15.0. The number of aromatic nitrogens is 1. The summed E-state index contributed by atoms with van der Waals surface area (Å²) in [7, 11) is 0. The molecule has 0 unspecified atom stereocenters. The van der Waals surface area contributed by atoms with Gasteiger partial charge in [-0.3, -0.25) is 9.59 Å². The average molecular weight is 298 g/mol. The first-order chi connectivity index (χ1) is 9.54. The Morgan fingerprint density at radius 2 is 2.05 bits per heavy atom. The number of carboxylic acids is 1. The number of nitrogens with zero attached hydrogens (tertiary/aromatic N) is 1. The molecule has 0 bridgehead atoms. The van der Waals surface area contributed by atoms with Crippen molar-refractivity contribution in [2.45, 2.75) is 52.4 Å². The minimum absolute atomic E-state index is 0.0689. The van der Waals surface area contributed by atoms with Crippen LogP contribution < -0.4 is 5.32 Å². The van der Waals surface area contributed by atoms with E-state index >= 15 is 0 Å². The third kappa shape index (κ3) is 5.69. The highest BCUT2D eigenvalue weighted by Gasteiger charge is 2.14. The summed E-state index contributed by atoms with van der Waals surface area (Å²) in [6, 6.07) is 0. The van der Waals surface area contributed by atoms with Gasteiger partial charge in [0.25, 0.3) is 5.91 Å². The molecular weight excluding hydrogens is 276 g/mol. The maximum absolute atomic E-state index is 12.0. The van der Waals surface area contributed by atoms with Gasteiger partial charge in [0.2, 0.25) is 0 Å². The molecule has 0 saturated carbocycles. The average Bonchev–Trinajstić information content (AvgIpc) is 2.74. The van der Waals surface area contributed by atoms with Gasteiger partial charge in [-0.1, -0.05) is 13.3 Å². The van der Waals surface area contributed by atoms with E-state index in [1.54, 1.807) is 0 Å². The standard InChI is InChI=1S/C14H22N2O3S/c1-3-7-11-16-10(2)13(20-11)14(19)15-9-6-4-5-8-12(17)18/h3-9H2,1-2H3,(H,15,19)(H,17,18). The van der Waals surface area contributed by atoms with Gasteiger partial charge in [-0.15, -0.1) is 11.3 Å². The van der Waals surface area contributed by atoms with Crippen molar-refractivity contribution in [3.05, 3.63) is 15.6 Å². The molecule has 0 saturated heterocycles. The van der Waals surface area contributed by atoms with Crippen LogP contribution in [0, 0.1) is 6.92 Å². The number of hydrogen-bond acceptors (Lipinski definition) is 4. The zero-order valence-electron chi connectivity index (χ0n) is 12.1. The van der Waals surface area contributed by atoms with Gasteiger partial charge < -0.3 is 10.4 Å². The van der Waals surface area contributed by atoms with Gasteiger partial charge in [0.15, 0.2) is 0 Å². The maximum Gasteiger partial charge on any atom is 0.303 e. The number of aryl methyl sites for hydroxylation is 2. The molecule has 0 aliphatic carbocycles. The molecule has 1 aromatic heterocycles. The topological polar surface area (TPSA) is 79.3 Å². The van der Waals surface area contributed by atoms with E-state index in [0.29, 0.717) is 17.8 Å². The SMILES string of the molecule is CCCc1nc(C)c(C(=O)NCCCCCC(=O)O)s1. The van der Waals surface area contributed by atoms with Crippen LogP contribution in [-0.2, 0) is 11.2 Å². The minimum atomic E-state index is -0.766. The number of hydrogen-bond donors (Lipinski definition) is 2. The Kier molecular flexibility index (Phi) is 7.22. The van der Waals surface area contributed by atoms with E-state index in [-0.39, 0.29) is 12.3 Å². The smallest absolute Gasteiger partial charge is 0.303 e. The predicted octanol–water partition coefficient (Wildman–Crippen LogP) is 2.78. The van der Waals surface area contributed by atoms with Crippen LogP contribution in [0.15, 0.2) is 0 Å². The number of carboxylic acid groups (broad SMARTS) is 1. The van der Waals surface area contributed by atoms with Crippen molar-refractivity contribution in [1.29, 1.82) is 0 Å². The molecule has 0 fully saturated rings. The summed E-state index contributed by atoms with van der Waals surface area (Å²) >= 11 is 1.46. The second-order valence-corrected chi connectivity index (χ2v) is 5.82. The number of unbranched alkanes of at least 4 members (excludes halogenated alkanes) is 2.